The number of aromatic nitrogens is 4. The molecule has 0 spiro atoms. The highest BCUT2D eigenvalue weighted by atomic mass is 19.4. The van der Waals surface area contributed by atoms with Gasteiger partial charge in [0.2, 0.25) is 5.91 Å². The number of hydrogen-bond donors (Lipinski definition) is 2. The zero-order valence-electron chi connectivity index (χ0n) is 17.4. The van der Waals surface area contributed by atoms with Crippen LogP contribution in [0.1, 0.15) is 19.3 Å². The average Bonchev–Trinajstić information content (AvgIpc) is 3.14. The van der Waals surface area contributed by atoms with Crippen molar-refractivity contribution in [2.45, 2.75) is 25.4 Å². The minimum atomic E-state index is -4.71. The van der Waals surface area contributed by atoms with Crippen molar-refractivity contribution in [2.75, 3.05) is 5.32 Å². The van der Waals surface area contributed by atoms with Crippen LogP contribution < -0.4 is 15.4 Å². The molecular formula is C21H19F3N6O3. The van der Waals surface area contributed by atoms with Gasteiger partial charge in [0.15, 0.2) is 0 Å². The molecule has 9 nitrogen and oxygen atoms in total. The molecule has 1 saturated carbocycles. The van der Waals surface area contributed by atoms with Crippen molar-refractivity contribution in [1.29, 1.82) is 0 Å². The number of hydrogen-bond acceptors (Lipinski definition) is 6. The number of aryl methyl sites for hydroxylation is 1. The van der Waals surface area contributed by atoms with Crippen molar-refractivity contribution < 1.29 is 27.5 Å². The molecule has 0 radical (unpaired) electrons. The van der Waals surface area contributed by atoms with Crippen LogP contribution in [0.25, 0.3) is 11.3 Å². The van der Waals surface area contributed by atoms with Crippen LogP contribution in [0.2, 0.25) is 0 Å². The molecule has 0 aliphatic heterocycles. The number of anilines is 1. The molecule has 3 aromatic heterocycles. The van der Waals surface area contributed by atoms with Crippen molar-refractivity contribution in [3.8, 4) is 22.8 Å². The molecule has 1 aliphatic carbocycles. The monoisotopic (exact) mass is 460 g/mol. The van der Waals surface area contributed by atoms with Crippen molar-refractivity contribution in [3.05, 3.63) is 49.1 Å². The second-order valence-electron chi connectivity index (χ2n) is 7.60. The maximum Gasteiger partial charge on any atom is 0.403 e. The van der Waals surface area contributed by atoms with Gasteiger partial charge in [0.1, 0.15) is 22.7 Å². The highest BCUT2D eigenvalue weighted by molar-refractivity contribution is 6.03. The number of nitrogens with one attached hydrogen (secondary N) is 2. The number of nitrogens with zero attached hydrogens (tertiary/aromatic N) is 4. The minimum absolute atomic E-state index is 0.0353. The predicted molar refractivity (Wildman–Crippen MR) is 110 cm³/mol. The molecule has 0 saturated heterocycles. The van der Waals surface area contributed by atoms with Gasteiger partial charge in [-0.05, 0) is 31.0 Å². The second-order valence-corrected chi connectivity index (χ2v) is 7.60. The summed E-state index contributed by atoms with van der Waals surface area (Å²) >= 11 is 0. The first-order valence-corrected chi connectivity index (χ1v) is 9.94. The first-order chi connectivity index (χ1) is 15.7. The fourth-order valence-electron chi connectivity index (χ4n) is 3.38. The van der Waals surface area contributed by atoms with Crippen LogP contribution in [-0.2, 0) is 11.8 Å². The highest BCUT2D eigenvalue weighted by Gasteiger charge is 2.63. The van der Waals surface area contributed by atoms with Crippen molar-refractivity contribution in [1.82, 2.24) is 25.1 Å². The summed E-state index contributed by atoms with van der Waals surface area (Å²) in [5, 5.41) is 8.11. The molecule has 3 amide bonds. The lowest BCUT2D eigenvalue weighted by molar-refractivity contribution is -0.242. The Morgan fingerprint density at radius 3 is 2.48 bits per heavy atom. The average molecular weight is 460 g/mol. The quantitative estimate of drug-likeness (QED) is 0.594. The van der Waals surface area contributed by atoms with Gasteiger partial charge in [-0.25, -0.2) is 9.78 Å². The Bertz CT molecular complexity index is 1170. The number of ether oxygens (including phenoxy) is 1. The molecule has 12 heteroatoms. The van der Waals surface area contributed by atoms with Crippen LogP contribution in [0.5, 0.6) is 11.5 Å². The summed E-state index contributed by atoms with van der Waals surface area (Å²) in [7, 11) is 1.79. The molecule has 2 N–H and O–H groups in total. The Hall–Kier alpha value is -3.96. The summed E-state index contributed by atoms with van der Waals surface area (Å²) in [5.41, 5.74) is -1.03. The molecule has 1 fully saturated rings. The summed E-state index contributed by atoms with van der Waals surface area (Å²) in [5.74, 6) is -0.479. The van der Waals surface area contributed by atoms with Crippen LogP contribution in [0.15, 0.2) is 49.1 Å². The molecule has 172 valence electrons. The summed E-state index contributed by atoms with van der Waals surface area (Å²) in [6.45, 7) is 0. The predicted octanol–water partition coefficient (Wildman–Crippen LogP) is 4.05. The van der Waals surface area contributed by atoms with E-state index in [1.165, 1.54) is 18.3 Å². The van der Waals surface area contributed by atoms with E-state index in [1.807, 2.05) is 6.20 Å². The zero-order valence-corrected chi connectivity index (χ0v) is 17.4. The third-order valence-corrected chi connectivity index (χ3v) is 5.36. The molecule has 33 heavy (non-hydrogen) atoms. The normalized spacial score (nSPS) is 14.8. The van der Waals surface area contributed by atoms with Gasteiger partial charge in [0.05, 0.1) is 18.1 Å². The third-order valence-electron chi connectivity index (χ3n) is 5.36. The maximum absolute atomic E-state index is 13.2. The van der Waals surface area contributed by atoms with E-state index in [4.69, 9.17) is 4.74 Å². The highest BCUT2D eigenvalue weighted by Crippen LogP contribution is 2.53. The van der Waals surface area contributed by atoms with E-state index >= 15 is 0 Å². The van der Waals surface area contributed by atoms with Gasteiger partial charge in [0.25, 0.3) is 0 Å². The molecule has 0 bridgehead atoms. The number of carbonyl (C=O) groups is 2. The lowest BCUT2D eigenvalue weighted by atomic mass is 9.67. The van der Waals surface area contributed by atoms with Gasteiger partial charge < -0.3 is 4.74 Å². The SMILES string of the molecule is Cn1cc(-c2cc(Oc3ccc(NC(=O)NC(=O)C4(C(F)(F)F)CCC4)nc3)ccn2)cn1. The molecule has 1 aliphatic rings. The third kappa shape index (κ3) is 4.64. The van der Waals surface area contributed by atoms with Crippen LogP contribution in [0.4, 0.5) is 23.8 Å². The summed E-state index contributed by atoms with van der Waals surface area (Å²) < 4.78 is 47.0. The molecule has 3 heterocycles. The molecule has 0 aromatic carbocycles. The van der Waals surface area contributed by atoms with Gasteiger partial charge in [0, 0.05) is 31.1 Å². The summed E-state index contributed by atoms with van der Waals surface area (Å²) in [6.07, 6.45) is 1.28. The van der Waals surface area contributed by atoms with Crippen molar-refractivity contribution in [3.63, 3.8) is 0 Å². The van der Waals surface area contributed by atoms with Crippen molar-refractivity contribution in [2.24, 2.45) is 12.5 Å². The second kappa shape index (κ2) is 8.52. The van der Waals surface area contributed by atoms with E-state index in [2.05, 4.69) is 20.4 Å². The van der Waals surface area contributed by atoms with Crippen LogP contribution in [0.3, 0.4) is 0 Å². The van der Waals surface area contributed by atoms with E-state index in [-0.39, 0.29) is 25.1 Å². The number of imide groups is 1. The number of halogens is 3. The van der Waals surface area contributed by atoms with Crippen molar-refractivity contribution >= 4 is 17.8 Å². The number of rotatable bonds is 5. The molecular weight excluding hydrogens is 441 g/mol. The fraction of sp³-hybridized carbons (Fsp3) is 0.286. The number of urea groups is 1. The largest absolute Gasteiger partial charge is 0.456 e. The van der Waals surface area contributed by atoms with E-state index in [9.17, 15) is 22.8 Å². The Morgan fingerprint density at radius 1 is 1.12 bits per heavy atom. The van der Waals surface area contributed by atoms with Gasteiger partial charge in [-0.15, -0.1) is 0 Å². The lowest BCUT2D eigenvalue weighted by Crippen LogP contribution is -2.56. The van der Waals surface area contributed by atoms with E-state index in [1.54, 1.807) is 41.6 Å². The number of alkyl halides is 3. The van der Waals surface area contributed by atoms with Crippen LogP contribution in [-0.4, -0.2) is 37.9 Å². The summed E-state index contributed by atoms with van der Waals surface area (Å²) in [6, 6.07) is 5.19. The van der Waals surface area contributed by atoms with Gasteiger partial charge in [-0.2, -0.15) is 18.3 Å². The molecule has 0 unspecified atom stereocenters. The standard InChI is InChI=1S/C21H19F3N6O3/c1-30-12-13(10-27-30)16-9-14(5-8-25-16)33-15-3-4-17(26-11-15)28-19(32)29-18(31)20(6-2-7-20)21(22,23)24/h3-5,8-12H,2,6-7H2,1H3,(H2,26,28,29,31,32). The van der Waals surface area contributed by atoms with E-state index in [0.29, 0.717) is 17.2 Å². The Morgan fingerprint density at radius 2 is 1.91 bits per heavy atom. The zero-order chi connectivity index (χ0) is 23.6. The first-order valence-electron chi connectivity index (χ1n) is 9.94. The van der Waals surface area contributed by atoms with Crippen LogP contribution >= 0.6 is 0 Å². The summed E-state index contributed by atoms with van der Waals surface area (Å²) in [4.78, 5) is 32.3. The lowest BCUT2D eigenvalue weighted by Gasteiger charge is -2.40. The van der Waals surface area contributed by atoms with Crippen LogP contribution in [0, 0.1) is 5.41 Å². The number of amides is 3. The number of pyridine rings is 2. The van der Waals surface area contributed by atoms with Gasteiger partial charge in [-0.3, -0.25) is 25.1 Å². The Kier molecular flexibility index (Phi) is 5.75. The maximum atomic E-state index is 13.2. The molecule has 3 aromatic rings. The fourth-order valence-corrected chi connectivity index (χ4v) is 3.38. The Balaban J connectivity index is 1.36. The smallest absolute Gasteiger partial charge is 0.403 e. The van der Waals surface area contributed by atoms with E-state index < -0.39 is 23.5 Å². The van der Waals surface area contributed by atoms with E-state index in [0.717, 1.165) is 5.56 Å². The topological polar surface area (TPSA) is 111 Å². The Labute approximate surface area is 186 Å². The molecule has 0 atom stereocenters. The van der Waals surface area contributed by atoms with Gasteiger partial charge in [-0.1, -0.05) is 6.42 Å². The number of carbonyl (C=O) groups excluding carboxylic acids is 2. The molecule has 4 rings (SSSR count). The van der Waals surface area contributed by atoms with Gasteiger partial charge >= 0.3 is 12.2 Å². The first kappa shape index (κ1) is 22.2. The minimum Gasteiger partial charge on any atom is -0.456 e.